The summed E-state index contributed by atoms with van der Waals surface area (Å²) in [5, 5.41) is 0. The highest BCUT2D eigenvalue weighted by Gasteiger charge is 2.30. The van der Waals surface area contributed by atoms with Crippen LogP contribution in [0, 0.1) is 0 Å². The molecular weight excluding hydrogens is 400 g/mol. The van der Waals surface area contributed by atoms with Gasteiger partial charge in [0.2, 0.25) is 5.91 Å². The van der Waals surface area contributed by atoms with Crippen molar-refractivity contribution in [2.75, 3.05) is 25.0 Å². The number of nitrogens with zero attached hydrogens (tertiary/aromatic N) is 2. The quantitative estimate of drug-likeness (QED) is 0.555. The molecule has 7 heteroatoms. The molecule has 1 amide bonds. The van der Waals surface area contributed by atoms with Gasteiger partial charge in [-0.3, -0.25) is 9.10 Å². The molecule has 0 aliphatic rings. The highest BCUT2D eigenvalue weighted by molar-refractivity contribution is 7.92. The van der Waals surface area contributed by atoms with Crippen LogP contribution in [0.1, 0.15) is 5.56 Å². The predicted octanol–water partition coefficient (Wildman–Crippen LogP) is 3.55. The summed E-state index contributed by atoms with van der Waals surface area (Å²) in [6, 6.07) is 24.4. The first-order valence-electron chi connectivity index (χ1n) is 9.42. The summed E-state index contributed by atoms with van der Waals surface area (Å²) in [5.74, 6) is 0.0415. The van der Waals surface area contributed by atoms with E-state index in [-0.39, 0.29) is 17.3 Å². The molecule has 0 spiro atoms. The van der Waals surface area contributed by atoms with Crippen molar-refractivity contribution >= 4 is 21.6 Å². The largest absolute Gasteiger partial charge is 0.495 e. The number of rotatable bonds is 8. The Morgan fingerprint density at radius 3 is 2.07 bits per heavy atom. The number of likely N-dealkylation sites (N-methyl/N-ethyl adjacent to an activating group) is 1. The van der Waals surface area contributed by atoms with Crippen LogP contribution >= 0.6 is 0 Å². The third-order valence-corrected chi connectivity index (χ3v) is 6.43. The molecule has 0 atom stereocenters. The lowest BCUT2D eigenvalue weighted by molar-refractivity contribution is -0.128. The number of methoxy groups -OCH3 is 1. The standard InChI is InChI=1S/C23H24N2O4S/c1-24(17-19-11-5-3-6-12-19)23(26)18-25(21-15-9-10-16-22(21)29-2)30(27,28)20-13-7-4-8-14-20/h3-16H,17-18H2,1-2H3. The second-order valence-corrected chi connectivity index (χ2v) is 8.59. The van der Waals surface area contributed by atoms with E-state index >= 15 is 0 Å². The Bertz CT molecular complexity index is 1090. The highest BCUT2D eigenvalue weighted by atomic mass is 32.2. The molecule has 3 rings (SSSR count). The first-order valence-corrected chi connectivity index (χ1v) is 10.9. The van der Waals surface area contributed by atoms with Crippen molar-refractivity contribution < 1.29 is 17.9 Å². The number of para-hydroxylation sites is 2. The van der Waals surface area contributed by atoms with Crippen molar-refractivity contribution in [3.8, 4) is 5.75 Å². The van der Waals surface area contributed by atoms with Gasteiger partial charge in [-0.15, -0.1) is 0 Å². The van der Waals surface area contributed by atoms with Gasteiger partial charge in [-0.05, 0) is 29.8 Å². The van der Waals surface area contributed by atoms with E-state index in [9.17, 15) is 13.2 Å². The van der Waals surface area contributed by atoms with Gasteiger partial charge in [0.25, 0.3) is 10.0 Å². The Balaban J connectivity index is 1.95. The van der Waals surface area contributed by atoms with E-state index in [2.05, 4.69) is 0 Å². The van der Waals surface area contributed by atoms with E-state index in [0.717, 1.165) is 9.87 Å². The SMILES string of the molecule is COc1ccccc1N(CC(=O)N(C)Cc1ccccc1)S(=O)(=O)c1ccccc1. The molecule has 0 aliphatic heterocycles. The van der Waals surface area contributed by atoms with E-state index in [4.69, 9.17) is 4.74 Å². The fraction of sp³-hybridized carbons (Fsp3) is 0.174. The minimum atomic E-state index is -3.98. The van der Waals surface area contributed by atoms with Crippen molar-refractivity contribution in [1.82, 2.24) is 4.90 Å². The summed E-state index contributed by atoms with van der Waals surface area (Å²) in [4.78, 5) is 14.6. The maximum Gasteiger partial charge on any atom is 0.264 e. The number of hydrogen-bond donors (Lipinski definition) is 0. The number of carbonyl (C=O) groups is 1. The van der Waals surface area contributed by atoms with Gasteiger partial charge in [-0.1, -0.05) is 60.7 Å². The van der Waals surface area contributed by atoms with Crippen LogP contribution in [0.3, 0.4) is 0 Å². The fourth-order valence-corrected chi connectivity index (χ4v) is 4.49. The molecule has 0 radical (unpaired) electrons. The molecule has 6 nitrogen and oxygen atoms in total. The number of ether oxygens (including phenoxy) is 1. The molecule has 0 aromatic heterocycles. The van der Waals surface area contributed by atoms with Crippen molar-refractivity contribution in [2.45, 2.75) is 11.4 Å². The van der Waals surface area contributed by atoms with Gasteiger partial charge < -0.3 is 9.64 Å². The molecule has 0 aliphatic carbocycles. The van der Waals surface area contributed by atoms with Gasteiger partial charge >= 0.3 is 0 Å². The van der Waals surface area contributed by atoms with Gasteiger partial charge in [0.15, 0.2) is 0 Å². The first kappa shape index (κ1) is 21.4. The van der Waals surface area contributed by atoms with Crippen molar-refractivity contribution in [1.29, 1.82) is 0 Å². The summed E-state index contributed by atoms with van der Waals surface area (Å²) >= 11 is 0. The van der Waals surface area contributed by atoms with E-state index in [1.165, 1.54) is 24.1 Å². The van der Waals surface area contributed by atoms with Gasteiger partial charge in [-0.25, -0.2) is 8.42 Å². The van der Waals surface area contributed by atoms with Crippen molar-refractivity contribution in [2.24, 2.45) is 0 Å². The lowest BCUT2D eigenvalue weighted by atomic mass is 10.2. The van der Waals surface area contributed by atoms with Crippen molar-refractivity contribution in [3.63, 3.8) is 0 Å². The van der Waals surface area contributed by atoms with Crippen LogP contribution in [0.4, 0.5) is 5.69 Å². The van der Waals surface area contributed by atoms with E-state index in [1.54, 1.807) is 49.5 Å². The summed E-state index contributed by atoms with van der Waals surface area (Å²) in [5.41, 5.74) is 1.27. The Kier molecular flexibility index (Phi) is 6.74. The summed E-state index contributed by atoms with van der Waals surface area (Å²) in [6.45, 7) is 0.0335. The van der Waals surface area contributed by atoms with Crippen molar-refractivity contribution in [3.05, 3.63) is 90.5 Å². The monoisotopic (exact) mass is 424 g/mol. The number of amides is 1. The lowest BCUT2D eigenvalue weighted by Gasteiger charge is -2.27. The van der Waals surface area contributed by atoms with E-state index < -0.39 is 10.0 Å². The number of sulfonamides is 1. The third kappa shape index (κ3) is 4.80. The number of carbonyl (C=O) groups excluding carboxylic acids is 1. The van der Waals surface area contributed by atoms with Crippen LogP contribution in [0.2, 0.25) is 0 Å². The molecular formula is C23H24N2O4S. The first-order chi connectivity index (χ1) is 14.4. The average molecular weight is 425 g/mol. The summed E-state index contributed by atoms with van der Waals surface area (Å²) in [7, 11) is -0.857. The molecule has 3 aromatic rings. The minimum Gasteiger partial charge on any atom is -0.495 e. The number of anilines is 1. The van der Waals surface area contributed by atoms with Crippen LogP contribution in [0.5, 0.6) is 5.75 Å². The number of benzene rings is 3. The van der Waals surface area contributed by atoms with Crippen LogP contribution in [-0.2, 0) is 21.4 Å². The smallest absolute Gasteiger partial charge is 0.264 e. The zero-order chi connectivity index (χ0) is 21.6. The van der Waals surface area contributed by atoms with Gasteiger partial charge in [0.1, 0.15) is 12.3 Å². The van der Waals surface area contributed by atoms with Crippen LogP contribution in [-0.4, -0.2) is 39.9 Å². The van der Waals surface area contributed by atoms with Crippen LogP contribution in [0.15, 0.2) is 89.8 Å². The normalized spacial score (nSPS) is 11.0. The second kappa shape index (κ2) is 9.45. The molecule has 3 aromatic carbocycles. The topological polar surface area (TPSA) is 66.9 Å². The van der Waals surface area contributed by atoms with Gasteiger partial charge in [-0.2, -0.15) is 0 Å². The van der Waals surface area contributed by atoms with Crippen LogP contribution in [0.25, 0.3) is 0 Å². The average Bonchev–Trinajstić information content (AvgIpc) is 2.78. The molecule has 156 valence electrons. The molecule has 0 heterocycles. The number of hydrogen-bond acceptors (Lipinski definition) is 4. The zero-order valence-corrected chi connectivity index (χ0v) is 17.7. The minimum absolute atomic E-state index is 0.106. The molecule has 0 bridgehead atoms. The molecule has 0 saturated heterocycles. The van der Waals surface area contributed by atoms with E-state index in [0.29, 0.717) is 18.0 Å². The highest BCUT2D eigenvalue weighted by Crippen LogP contribution is 2.32. The predicted molar refractivity (Wildman–Crippen MR) is 117 cm³/mol. The van der Waals surface area contributed by atoms with E-state index in [1.807, 2.05) is 30.3 Å². The Morgan fingerprint density at radius 2 is 1.43 bits per heavy atom. The Labute approximate surface area is 177 Å². The second-order valence-electron chi connectivity index (χ2n) is 6.73. The molecule has 0 fully saturated rings. The molecule has 30 heavy (non-hydrogen) atoms. The lowest BCUT2D eigenvalue weighted by Crippen LogP contribution is -2.41. The Hall–Kier alpha value is -3.32. The Morgan fingerprint density at radius 1 is 0.867 bits per heavy atom. The maximum absolute atomic E-state index is 13.4. The third-order valence-electron chi connectivity index (χ3n) is 4.65. The summed E-state index contributed by atoms with van der Waals surface area (Å²) < 4.78 is 33.3. The molecule has 0 N–H and O–H groups in total. The van der Waals surface area contributed by atoms with Gasteiger partial charge in [0.05, 0.1) is 17.7 Å². The maximum atomic E-state index is 13.4. The molecule has 0 saturated carbocycles. The summed E-state index contributed by atoms with van der Waals surface area (Å²) in [6.07, 6.45) is 0. The fourth-order valence-electron chi connectivity index (χ4n) is 3.04. The zero-order valence-electron chi connectivity index (χ0n) is 16.9. The molecule has 0 unspecified atom stereocenters. The van der Waals surface area contributed by atoms with Crippen LogP contribution < -0.4 is 9.04 Å². The van der Waals surface area contributed by atoms with Gasteiger partial charge in [0, 0.05) is 13.6 Å².